The molecule has 0 unspecified atom stereocenters. The summed E-state index contributed by atoms with van der Waals surface area (Å²) in [5.74, 6) is 1.14. The van der Waals surface area contributed by atoms with Crippen LogP contribution in [-0.4, -0.2) is 40.0 Å². The van der Waals surface area contributed by atoms with E-state index >= 15 is 0 Å². The van der Waals surface area contributed by atoms with Crippen LogP contribution in [0.25, 0.3) is 11.3 Å². The monoisotopic (exact) mass is 403 g/mol. The zero-order valence-corrected chi connectivity index (χ0v) is 17.0. The van der Waals surface area contributed by atoms with Gasteiger partial charge < -0.3 is 15.5 Å². The standard InChI is InChI=1S/C23H25N5O2/c1-28-21(14-16-5-7-17(8-6-16)20-4-2-3-11-25-20)27-22(19(15-24)23(28)29)26-18-9-12-30-13-10-18/h2-8,11,15,18,24,26H,9-10,12-14H2,1H3. The van der Waals surface area contributed by atoms with Crippen molar-refractivity contribution in [1.82, 2.24) is 14.5 Å². The maximum Gasteiger partial charge on any atom is 0.264 e. The van der Waals surface area contributed by atoms with Crippen LogP contribution in [0.2, 0.25) is 0 Å². The molecule has 7 heteroatoms. The molecule has 3 aromatic rings. The van der Waals surface area contributed by atoms with E-state index < -0.39 is 0 Å². The number of nitrogens with zero attached hydrogens (tertiary/aromatic N) is 3. The molecule has 4 rings (SSSR count). The molecule has 154 valence electrons. The molecule has 0 spiro atoms. The lowest BCUT2D eigenvalue weighted by Gasteiger charge is -2.24. The van der Waals surface area contributed by atoms with Crippen molar-refractivity contribution in [2.24, 2.45) is 7.05 Å². The Hall–Kier alpha value is -3.32. The lowest BCUT2D eigenvalue weighted by Crippen LogP contribution is -2.33. The number of hydrogen-bond acceptors (Lipinski definition) is 6. The second-order valence-corrected chi connectivity index (χ2v) is 7.42. The molecular formula is C23H25N5O2. The molecule has 0 radical (unpaired) electrons. The molecule has 1 aliphatic heterocycles. The first kappa shape index (κ1) is 20.0. The fourth-order valence-electron chi connectivity index (χ4n) is 3.61. The van der Waals surface area contributed by atoms with Crippen molar-refractivity contribution in [3.63, 3.8) is 0 Å². The van der Waals surface area contributed by atoms with Crippen molar-refractivity contribution in [2.45, 2.75) is 25.3 Å². The Morgan fingerprint density at radius 1 is 1.20 bits per heavy atom. The summed E-state index contributed by atoms with van der Waals surface area (Å²) < 4.78 is 6.94. The average molecular weight is 403 g/mol. The molecule has 0 bridgehead atoms. The third kappa shape index (κ3) is 4.31. The van der Waals surface area contributed by atoms with E-state index in [1.54, 1.807) is 13.2 Å². The summed E-state index contributed by atoms with van der Waals surface area (Å²) in [6.45, 7) is 1.38. The Bertz CT molecular complexity index is 1070. The zero-order chi connectivity index (χ0) is 20.9. The highest BCUT2D eigenvalue weighted by atomic mass is 16.5. The van der Waals surface area contributed by atoms with Gasteiger partial charge in [0.25, 0.3) is 5.56 Å². The van der Waals surface area contributed by atoms with Crippen LogP contribution in [0.15, 0.2) is 53.5 Å². The van der Waals surface area contributed by atoms with Gasteiger partial charge in [-0.25, -0.2) is 4.98 Å². The largest absolute Gasteiger partial charge is 0.381 e. The highest BCUT2D eigenvalue weighted by Gasteiger charge is 2.19. The van der Waals surface area contributed by atoms with Crippen molar-refractivity contribution < 1.29 is 4.74 Å². The van der Waals surface area contributed by atoms with Gasteiger partial charge >= 0.3 is 0 Å². The molecule has 0 saturated carbocycles. The molecule has 3 heterocycles. The topological polar surface area (TPSA) is 92.9 Å². The first-order chi connectivity index (χ1) is 14.7. The lowest BCUT2D eigenvalue weighted by molar-refractivity contribution is 0.0904. The fraction of sp³-hybridized carbons (Fsp3) is 0.304. The van der Waals surface area contributed by atoms with Crippen molar-refractivity contribution >= 4 is 12.0 Å². The van der Waals surface area contributed by atoms with Crippen LogP contribution in [0, 0.1) is 5.41 Å². The molecule has 30 heavy (non-hydrogen) atoms. The summed E-state index contributed by atoms with van der Waals surface area (Å²) in [5.41, 5.74) is 3.10. The first-order valence-corrected chi connectivity index (χ1v) is 10.1. The third-order valence-electron chi connectivity index (χ3n) is 5.40. The van der Waals surface area contributed by atoms with Gasteiger partial charge in [0.2, 0.25) is 0 Å². The molecule has 2 N–H and O–H groups in total. The Labute approximate surface area is 175 Å². The van der Waals surface area contributed by atoms with Crippen LogP contribution in [0.3, 0.4) is 0 Å². The summed E-state index contributed by atoms with van der Waals surface area (Å²) in [6.07, 6.45) is 5.11. The van der Waals surface area contributed by atoms with Gasteiger partial charge in [0, 0.05) is 50.7 Å². The predicted octanol–water partition coefficient (Wildman–Crippen LogP) is 3.02. The Kier molecular flexibility index (Phi) is 5.99. The number of nitrogens with one attached hydrogen (secondary N) is 2. The van der Waals surface area contributed by atoms with E-state index in [1.165, 1.54) is 4.57 Å². The van der Waals surface area contributed by atoms with Crippen LogP contribution < -0.4 is 10.9 Å². The highest BCUT2D eigenvalue weighted by molar-refractivity contribution is 5.83. The van der Waals surface area contributed by atoms with Crippen LogP contribution in [0.1, 0.15) is 29.8 Å². The predicted molar refractivity (Wildman–Crippen MR) is 117 cm³/mol. The average Bonchev–Trinajstić information content (AvgIpc) is 2.79. The number of anilines is 1. The minimum Gasteiger partial charge on any atom is -0.381 e. The third-order valence-corrected chi connectivity index (χ3v) is 5.40. The summed E-state index contributed by atoms with van der Waals surface area (Å²) >= 11 is 0. The summed E-state index contributed by atoms with van der Waals surface area (Å²) in [7, 11) is 1.71. The Balaban J connectivity index is 1.60. The second-order valence-electron chi connectivity index (χ2n) is 7.42. The Morgan fingerprint density at radius 2 is 1.97 bits per heavy atom. The van der Waals surface area contributed by atoms with Gasteiger partial charge in [-0.15, -0.1) is 0 Å². The summed E-state index contributed by atoms with van der Waals surface area (Å²) in [5, 5.41) is 11.0. The molecule has 1 fully saturated rings. The first-order valence-electron chi connectivity index (χ1n) is 10.1. The normalized spacial score (nSPS) is 14.4. The van der Waals surface area contributed by atoms with E-state index in [0.29, 0.717) is 36.8 Å². The number of benzene rings is 1. The van der Waals surface area contributed by atoms with Gasteiger partial charge in [-0.2, -0.15) is 0 Å². The zero-order valence-electron chi connectivity index (χ0n) is 17.0. The minimum absolute atomic E-state index is 0.197. The number of aromatic nitrogens is 3. The van der Waals surface area contributed by atoms with Gasteiger partial charge in [0.05, 0.1) is 11.3 Å². The number of hydrogen-bond donors (Lipinski definition) is 2. The number of rotatable bonds is 6. The molecule has 2 aromatic heterocycles. The quantitative estimate of drug-likeness (QED) is 0.617. The van der Waals surface area contributed by atoms with E-state index in [-0.39, 0.29) is 11.6 Å². The molecule has 0 aliphatic carbocycles. The van der Waals surface area contributed by atoms with Gasteiger partial charge in [-0.1, -0.05) is 30.3 Å². The van der Waals surface area contributed by atoms with Crippen LogP contribution in [-0.2, 0) is 18.2 Å². The number of pyridine rings is 1. The van der Waals surface area contributed by atoms with Gasteiger partial charge in [-0.05, 0) is 30.5 Å². The van der Waals surface area contributed by atoms with Crippen molar-refractivity contribution in [3.05, 3.63) is 76.0 Å². The van der Waals surface area contributed by atoms with Crippen LogP contribution in [0.5, 0.6) is 0 Å². The molecule has 1 aromatic carbocycles. The van der Waals surface area contributed by atoms with Gasteiger partial charge in [-0.3, -0.25) is 14.3 Å². The van der Waals surface area contributed by atoms with Crippen molar-refractivity contribution in [3.8, 4) is 11.3 Å². The molecule has 7 nitrogen and oxygen atoms in total. The number of ether oxygens (including phenoxy) is 1. The van der Waals surface area contributed by atoms with Crippen LogP contribution in [0.4, 0.5) is 5.82 Å². The maximum atomic E-state index is 12.8. The smallest absolute Gasteiger partial charge is 0.264 e. The van der Waals surface area contributed by atoms with Crippen LogP contribution >= 0.6 is 0 Å². The molecule has 0 atom stereocenters. The molecule has 0 amide bonds. The van der Waals surface area contributed by atoms with E-state index in [2.05, 4.69) is 10.3 Å². The summed E-state index contributed by atoms with van der Waals surface area (Å²) in [6, 6.07) is 14.2. The minimum atomic E-state index is -0.213. The van der Waals surface area contributed by atoms with E-state index in [0.717, 1.165) is 35.9 Å². The van der Waals surface area contributed by atoms with E-state index in [4.69, 9.17) is 15.1 Å². The van der Waals surface area contributed by atoms with E-state index in [1.807, 2.05) is 42.5 Å². The SMILES string of the molecule is Cn1c(Cc2ccc(-c3ccccn3)cc2)nc(NC2CCOCC2)c(C=N)c1=O. The maximum absolute atomic E-state index is 12.8. The van der Waals surface area contributed by atoms with Gasteiger partial charge in [0.15, 0.2) is 0 Å². The van der Waals surface area contributed by atoms with Crippen molar-refractivity contribution in [1.29, 1.82) is 5.41 Å². The van der Waals surface area contributed by atoms with Gasteiger partial charge in [0.1, 0.15) is 11.6 Å². The second kappa shape index (κ2) is 9.00. The highest BCUT2D eigenvalue weighted by Crippen LogP contribution is 2.19. The molecule has 1 aliphatic rings. The molecule has 1 saturated heterocycles. The van der Waals surface area contributed by atoms with Crippen molar-refractivity contribution in [2.75, 3.05) is 18.5 Å². The van der Waals surface area contributed by atoms with E-state index in [9.17, 15) is 4.79 Å². The Morgan fingerprint density at radius 3 is 2.63 bits per heavy atom. The fourth-order valence-corrected chi connectivity index (χ4v) is 3.61. The lowest BCUT2D eigenvalue weighted by atomic mass is 10.1. The summed E-state index contributed by atoms with van der Waals surface area (Å²) in [4.78, 5) is 21.9. The molecular weight excluding hydrogens is 378 g/mol.